The lowest BCUT2D eigenvalue weighted by atomic mass is 10.2. The number of furan rings is 1. The van der Waals surface area contributed by atoms with Gasteiger partial charge in [0.05, 0.1) is 6.26 Å². The molecule has 2 aromatic heterocycles. The molecule has 0 bridgehead atoms. The molecule has 1 amide bonds. The Morgan fingerprint density at radius 3 is 3.00 bits per heavy atom. The Morgan fingerprint density at radius 2 is 2.28 bits per heavy atom. The molecule has 0 fully saturated rings. The van der Waals surface area contributed by atoms with Gasteiger partial charge in [0.1, 0.15) is 11.5 Å². The van der Waals surface area contributed by atoms with Crippen LogP contribution in [0.4, 0.5) is 0 Å². The summed E-state index contributed by atoms with van der Waals surface area (Å²) in [6.45, 7) is 2.56. The summed E-state index contributed by atoms with van der Waals surface area (Å²) >= 11 is 0. The number of hydrogen-bond donors (Lipinski definition) is 1. The monoisotopic (exact) mass is 248 g/mol. The van der Waals surface area contributed by atoms with E-state index in [2.05, 4.69) is 10.5 Å². The second kappa shape index (κ2) is 6.05. The molecule has 1 N–H and O–H groups in total. The third kappa shape index (κ3) is 3.23. The zero-order valence-corrected chi connectivity index (χ0v) is 10.3. The lowest BCUT2D eigenvalue weighted by Gasteiger charge is -2.00. The predicted octanol–water partition coefficient (Wildman–Crippen LogP) is 2.19. The fraction of sp³-hybridized carbons (Fsp3) is 0.385. The van der Waals surface area contributed by atoms with Crippen LogP contribution in [0.25, 0.3) is 0 Å². The third-order valence-corrected chi connectivity index (χ3v) is 2.53. The lowest BCUT2D eigenvalue weighted by Crippen LogP contribution is -2.25. The van der Waals surface area contributed by atoms with Crippen LogP contribution in [0.3, 0.4) is 0 Å². The van der Waals surface area contributed by atoms with Crippen molar-refractivity contribution in [2.45, 2.75) is 26.2 Å². The number of rotatable bonds is 6. The fourth-order valence-electron chi connectivity index (χ4n) is 1.63. The summed E-state index contributed by atoms with van der Waals surface area (Å²) in [5, 5.41) is 6.51. The highest BCUT2D eigenvalue weighted by Gasteiger charge is 2.11. The topological polar surface area (TPSA) is 68.3 Å². The maximum Gasteiger partial charge on any atom is 0.273 e. The molecular formula is C13H16N2O3. The standard InChI is InChI=1S/C13H16N2O3/c1-2-4-11-9-12(15-18-11)13(16)14-7-6-10-5-3-8-17-10/h3,5,8-9H,2,4,6-7H2,1H3,(H,14,16). The van der Waals surface area contributed by atoms with Gasteiger partial charge in [-0.05, 0) is 18.6 Å². The number of aryl methyl sites for hydroxylation is 1. The second-order valence-electron chi connectivity index (χ2n) is 4.01. The number of nitrogens with one attached hydrogen (secondary N) is 1. The van der Waals surface area contributed by atoms with Crippen molar-refractivity contribution in [2.24, 2.45) is 0 Å². The van der Waals surface area contributed by atoms with Gasteiger partial charge in [0.2, 0.25) is 0 Å². The minimum absolute atomic E-state index is 0.215. The number of hydrogen-bond acceptors (Lipinski definition) is 4. The quantitative estimate of drug-likeness (QED) is 0.850. The fourth-order valence-corrected chi connectivity index (χ4v) is 1.63. The van der Waals surface area contributed by atoms with Crippen LogP contribution in [0.5, 0.6) is 0 Å². The van der Waals surface area contributed by atoms with E-state index in [0.29, 0.717) is 18.7 Å². The van der Waals surface area contributed by atoms with E-state index in [0.717, 1.165) is 24.4 Å². The zero-order chi connectivity index (χ0) is 12.8. The molecule has 0 spiro atoms. The van der Waals surface area contributed by atoms with Gasteiger partial charge in [-0.2, -0.15) is 0 Å². The molecule has 0 saturated heterocycles. The Hall–Kier alpha value is -2.04. The molecule has 18 heavy (non-hydrogen) atoms. The molecule has 0 atom stereocenters. The van der Waals surface area contributed by atoms with Crippen LogP contribution in [-0.2, 0) is 12.8 Å². The zero-order valence-electron chi connectivity index (χ0n) is 10.3. The Balaban J connectivity index is 1.80. The molecule has 5 heteroatoms. The van der Waals surface area contributed by atoms with E-state index >= 15 is 0 Å². The highest BCUT2D eigenvalue weighted by Crippen LogP contribution is 2.06. The van der Waals surface area contributed by atoms with Gasteiger partial charge < -0.3 is 14.3 Å². The molecule has 2 rings (SSSR count). The number of aromatic nitrogens is 1. The largest absolute Gasteiger partial charge is 0.469 e. The van der Waals surface area contributed by atoms with E-state index in [1.54, 1.807) is 12.3 Å². The summed E-state index contributed by atoms with van der Waals surface area (Å²) in [5.41, 5.74) is 0.331. The second-order valence-corrected chi connectivity index (χ2v) is 4.01. The summed E-state index contributed by atoms with van der Waals surface area (Å²) in [4.78, 5) is 11.7. The lowest BCUT2D eigenvalue weighted by molar-refractivity contribution is 0.0944. The van der Waals surface area contributed by atoms with Crippen LogP contribution in [-0.4, -0.2) is 17.6 Å². The molecule has 0 radical (unpaired) electrons. The molecule has 0 aliphatic carbocycles. The van der Waals surface area contributed by atoms with Crippen LogP contribution < -0.4 is 5.32 Å². The van der Waals surface area contributed by atoms with E-state index in [4.69, 9.17) is 8.94 Å². The van der Waals surface area contributed by atoms with Crippen molar-refractivity contribution >= 4 is 5.91 Å². The molecule has 0 saturated carbocycles. The van der Waals surface area contributed by atoms with Crippen LogP contribution in [0.1, 0.15) is 35.4 Å². The molecule has 0 aliphatic heterocycles. The van der Waals surface area contributed by atoms with E-state index in [-0.39, 0.29) is 5.91 Å². The van der Waals surface area contributed by atoms with Crippen LogP contribution in [0, 0.1) is 0 Å². The van der Waals surface area contributed by atoms with E-state index < -0.39 is 0 Å². The van der Waals surface area contributed by atoms with Crippen LogP contribution in [0.2, 0.25) is 0 Å². The SMILES string of the molecule is CCCc1cc(C(=O)NCCc2ccco2)no1. The minimum atomic E-state index is -0.215. The first-order valence-corrected chi connectivity index (χ1v) is 6.05. The van der Waals surface area contributed by atoms with Crippen molar-refractivity contribution < 1.29 is 13.7 Å². The Kier molecular flexibility index (Phi) is 4.17. The van der Waals surface area contributed by atoms with E-state index in [1.165, 1.54) is 0 Å². The van der Waals surface area contributed by atoms with Crippen LogP contribution >= 0.6 is 0 Å². The number of amides is 1. The first-order chi connectivity index (χ1) is 8.79. The Bertz CT molecular complexity index is 488. The summed E-state index contributed by atoms with van der Waals surface area (Å²) in [5.74, 6) is 1.38. The van der Waals surface area contributed by atoms with Crippen molar-refractivity contribution in [3.05, 3.63) is 41.7 Å². The van der Waals surface area contributed by atoms with Gasteiger partial charge in [0.25, 0.3) is 5.91 Å². The Morgan fingerprint density at radius 1 is 1.39 bits per heavy atom. The van der Waals surface area contributed by atoms with Gasteiger partial charge in [-0.1, -0.05) is 12.1 Å². The van der Waals surface area contributed by atoms with Crippen molar-refractivity contribution in [2.75, 3.05) is 6.54 Å². The van der Waals surface area contributed by atoms with Crippen molar-refractivity contribution in [1.29, 1.82) is 0 Å². The molecule has 0 aliphatic rings. The van der Waals surface area contributed by atoms with Gasteiger partial charge in [-0.15, -0.1) is 0 Å². The van der Waals surface area contributed by atoms with Gasteiger partial charge in [0, 0.05) is 25.5 Å². The number of nitrogens with zero attached hydrogens (tertiary/aromatic N) is 1. The van der Waals surface area contributed by atoms with E-state index in [1.807, 2.05) is 19.1 Å². The smallest absolute Gasteiger partial charge is 0.273 e. The summed E-state index contributed by atoms with van der Waals surface area (Å²) < 4.78 is 10.2. The minimum Gasteiger partial charge on any atom is -0.469 e. The van der Waals surface area contributed by atoms with Crippen LogP contribution in [0.15, 0.2) is 33.4 Å². The molecule has 2 heterocycles. The molecule has 0 aromatic carbocycles. The van der Waals surface area contributed by atoms with Gasteiger partial charge in [0.15, 0.2) is 5.69 Å². The summed E-state index contributed by atoms with van der Waals surface area (Å²) in [6.07, 6.45) is 4.05. The van der Waals surface area contributed by atoms with Gasteiger partial charge >= 0.3 is 0 Å². The number of carbonyl (C=O) groups is 1. The predicted molar refractivity (Wildman–Crippen MR) is 65.2 cm³/mol. The summed E-state index contributed by atoms with van der Waals surface area (Å²) in [6, 6.07) is 5.39. The summed E-state index contributed by atoms with van der Waals surface area (Å²) in [7, 11) is 0. The molecule has 5 nitrogen and oxygen atoms in total. The molecule has 2 aromatic rings. The molecule has 96 valence electrons. The van der Waals surface area contributed by atoms with Crippen molar-refractivity contribution in [3.8, 4) is 0 Å². The highest BCUT2D eigenvalue weighted by molar-refractivity contribution is 5.92. The van der Waals surface area contributed by atoms with Crippen molar-refractivity contribution in [3.63, 3.8) is 0 Å². The maximum atomic E-state index is 11.7. The first-order valence-electron chi connectivity index (χ1n) is 6.05. The molecule has 0 unspecified atom stereocenters. The average Bonchev–Trinajstić information content (AvgIpc) is 3.00. The molecular weight excluding hydrogens is 232 g/mol. The Labute approximate surface area is 105 Å². The van der Waals surface area contributed by atoms with E-state index in [9.17, 15) is 4.79 Å². The third-order valence-electron chi connectivity index (χ3n) is 2.53. The highest BCUT2D eigenvalue weighted by atomic mass is 16.5. The number of carbonyl (C=O) groups excluding carboxylic acids is 1. The normalized spacial score (nSPS) is 10.5. The average molecular weight is 248 g/mol. The first kappa shape index (κ1) is 12.4. The van der Waals surface area contributed by atoms with Gasteiger partial charge in [-0.3, -0.25) is 4.79 Å². The van der Waals surface area contributed by atoms with Gasteiger partial charge in [-0.25, -0.2) is 0 Å². The maximum absolute atomic E-state index is 11.7. The van der Waals surface area contributed by atoms with Crippen molar-refractivity contribution in [1.82, 2.24) is 10.5 Å².